The molecule has 0 unspecified atom stereocenters. The maximum absolute atomic E-state index is 5.83. The van der Waals surface area contributed by atoms with E-state index in [-0.39, 0.29) is 0 Å². The molecule has 2 aromatic heterocycles. The number of aryl methyl sites for hydroxylation is 3. The number of aromatic amines is 1. The highest BCUT2D eigenvalue weighted by atomic mass is 14.9. The molecule has 0 aliphatic carbocycles. The standard InChI is InChI=1S/C11H15N3/c1-5-6(2)9-10(13-8(5)4)7(3)11(12)14-9/h14H,12H2,1-4H3. The number of hydrogen-bond acceptors (Lipinski definition) is 2. The summed E-state index contributed by atoms with van der Waals surface area (Å²) in [6, 6.07) is 0. The predicted molar refractivity (Wildman–Crippen MR) is 59.5 cm³/mol. The van der Waals surface area contributed by atoms with Crippen molar-refractivity contribution < 1.29 is 0 Å². The van der Waals surface area contributed by atoms with Gasteiger partial charge in [0.25, 0.3) is 0 Å². The number of nitrogen functional groups attached to an aromatic ring is 1. The van der Waals surface area contributed by atoms with Crippen LogP contribution < -0.4 is 5.73 Å². The van der Waals surface area contributed by atoms with Crippen LogP contribution >= 0.6 is 0 Å². The van der Waals surface area contributed by atoms with Crippen LogP contribution in [-0.2, 0) is 0 Å². The average Bonchev–Trinajstić information content (AvgIpc) is 2.42. The third kappa shape index (κ3) is 1.02. The summed E-state index contributed by atoms with van der Waals surface area (Å²) < 4.78 is 0. The van der Waals surface area contributed by atoms with Crippen LogP contribution in [0.1, 0.15) is 22.4 Å². The third-order valence-corrected chi connectivity index (χ3v) is 3.02. The molecular formula is C11H15N3. The van der Waals surface area contributed by atoms with Crippen molar-refractivity contribution >= 4 is 16.9 Å². The van der Waals surface area contributed by atoms with Gasteiger partial charge in [-0.1, -0.05) is 0 Å². The molecule has 0 radical (unpaired) electrons. The van der Waals surface area contributed by atoms with Gasteiger partial charge in [-0.2, -0.15) is 0 Å². The zero-order valence-corrected chi connectivity index (χ0v) is 9.02. The van der Waals surface area contributed by atoms with Gasteiger partial charge in [0.05, 0.1) is 11.0 Å². The molecule has 3 heteroatoms. The lowest BCUT2D eigenvalue weighted by atomic mass is 10.1. The first-order chi connectivity index (χ1) is 6.52. The van der Waals surface area contributed by atoms with Gasteiger partial charge in [0.1, 0.15) is 5.82 Å². The number of anilines is 1. The van der Waals surface area contributed by atoms with E-state index < -0.39 is 0 Å². The van der Waals surface area contributed by atoms with Gasteiger partial charge in [0.2, 0.25) is 0 Å². The smallest absolute Gasteiger partial charge is 0.106 e. The Kier molecular flexibility index (Phi) is 1.77. The second kappa shape index (κ2) is 2.74. The van der Waals surface area contributed by atoms with Crippen LogP contribution in [0.3, 0.4) is 0 Å². The summed E-state index contributed by atoms with van der Waals surface area (Å²) in [5.41, 5.74) is 12.5. The monoisotopic (exact) mass is 189 g/mol. The number of aromatic nitrogens is 2. The number of nitrogens with two attached hydrogens (primary N) is 1. The van der Waals surface area contributed by atoms with E-state index in [0.717, 1.165) is 28.1 Å². The molecule has 0 amide bonds. The predicted octanol–water partition coefficient (Wildman–Crippen LogP) is 2.38. The maximum atomic E-state index is 5.83. The van der Waals surface area contributed by atoms with Crippen LogP contribution in [0.25, 0.3) is 11.0 Å². The summed E-state index contributed by atoms with van der Waals surface area (Å²) in [4.78, 5) is 7.72. The fraction of sp³-hybridized carbons (Fsp3) is 0.364. The first-order valence-electron chi connectivity index (χ1n) is 4.74. The van der Waals surface area contributed by atoms with E-state index in [1.165, 1.54) is 11.1 Å². The molecule has 0 aliphatic heterocycles. The summed E-state index contributed by atoms with van der Waals surface area (Å²) in [7, 11) is 0. The molecule has 0 saturated carbocycles. The third-order valence-electron chi connectivity index (χ3n) is 3.02. The van der Waals surface area contributed by atoms with E-state index in [4.69, 9.17) is 5.73 Å². The lowest BCUT2D eigenvalue weighted by Gasteiger charge is -2.04. The molecule has 0 atom stereocenters. The quantitative estimate of drug-likeness (QED) is 0.668. The largest absolute Gasteiger partial charge is 0.385 e. The minimum atomic E-state index is 0.723. The topological polar surface area (TPSA) is 54.7 Å². The number of nitrogens with zero attached hydrogens (tertiary/aromatic N) is 1. The first-order valence-corrected chi connectivity index (χ1v) is 4.74. The fourth-order valence-corrected chi connectivity index (χ4v) is 1.72. The number of fused-ring (bicyclic) bond motifs is 1. The van der Waals surface area contributed by atoms with Crippen LogP contribution in [0.5, 0.6) is 0 Å². The summed E-state index contributed by atoms with van der Waals surface area (Å²) in [5.74, 6) is 0.723. The zero-order chi connectivity index (χ0) is 10.5. The second-order valence-corrected chi connectivity index (χ2v) is 3.83. The Morgan fingerprint density at radius 3 is 2.29 bits per heavy atom. The van der Waals surface area contributed by atoms with E-state index in [0.29, 0.717) is 0 Å². The molecule has 0 aromatic carbocycles. The molecule has 0 spiro atoms. The molecule has 3 nitrogen and oxygen atoms in total. The van der Waals surface area contributed by atoms with Crippen LogP contribution in [-0.4, -0.2) is 9.97 Å². The van der Waals surface area contributed by atoms with Gasteiger partial charge in [-0.15, -0.1) is 0 Å². The van der Waals surface area contributed by atoms with Gasteiger partial charge in [-0.05, 0) is 38.8 Å². The van der Waals surface area contributed by atoms with Crippen molar-refractivity contribution in [2.24, 2.45) is 0 Å². The highest BCUT2D eigenvalue weighted by Gasteiger charge is 2.11. The number of nitrogens with one attached hydrogen (secondary N) is 1. The number of H-pyrrole nitrogens is 1. The van der Waals surface area contributed by atoms with Crippen LogP contribution in [0.15, 0.2) is 0 Å². The van der Waals surface area contributed by atoms with E-state index in [9.17, 15) is 0 Å². The van der Waals surface area contributed by atoms with E-state index in [1.807, 2.05) is 13.8 Å². The Hall–Kier alpha value is -1.51. The van der Waals surface area contributed by atoms with Crippen molar-refractivity contribution in [3.63, 3.8) is 0 Å². The van der Waals surface area contributed by atoms with Gasteiger partial charge in [0, 0.05) is 11.3 Å². The molecule has 2 aromatic rings. The van der Waals surface area contributed by atoms with Crippen molar-refractivity contribution in [2.75, 3.05) is 5.73 Å². The number of hydrogen-bond donors (Lipinski definition) is 2. The molecule has 2 rings (SSSR count). The minimum absolute atomic E-state index is 0.723. The molecule has 2 heterocycles. The van der Waals surface area contributed by atoms with Crippen LogP contribution in [0.2, 0.25) is 0 Å². The van der Waals surface area contributed by atoms with Crippen LogP contribution in [0.4, 0.5) is 5.82 Å². The Morgan fingerprint density at radius 1 is 1.00 bits per heavy atom. The molecule has 74 valence electrons. The molecule has 0 aliphatic rings. The second-order valence-electron chi connectivity index (χ2n) is 3.83. The molecule has 3 N–H and O–H groups in total. The van der Waals surface area contributed by atoms with Crippen molar-refractivity contribution in [3.05, 3.63) is 22.4 Å². The summed E-state index contributed by atoms with van der Waals surface area (Å²) in [6.07, 6.45) is 0. The Balaban J connectivity index is 2.98. The van der Waals surface area contributed by atoms with Crippen molar-refractivity contribution in [1.82, 2.24) is 9.97 Å². The van der Waals surface area contributed by atoms with Crippen molar-refractivity contribution in [2.45, 2.75) is 27.7 Å². The van der Waals surface area contributed by atoms with E-state index in [1.54, 1.807) is 0 Å². The molecule has 0 bridgehead atoms. The van der Waals surface area contributed by atoms with Gasteiger partial charge in [0.15, 0.2) is 0 Å². The summed E-state index contributed by atoms with van der Waals surface area (Å²) >= 11 is 0. The normalized spacial score (nSPS) is 11.1. The highest BCUT2D eigenvalue weighted by molar-refractivity contribution is 5.87. The van der Waals surface area contributed by atoms with Gasteiger partial charge >= 0.3 is 0 Å². The minimum Gasteiger partial charge on any atom is -0.385 e. The molecule has 0 fully saturated rings. The Labute approximate surface area is 83.3 Å². The molecule has 14 heavy (non-hydrogen) atoms. The van der Waals surface area contributed by atoms with Gasteiger partial charge in [-0.3, -0.25) is 4.98 Å². The van der Waals surface area contributed by atoms with E-state index >= 15 is 0 Å². The first kappa shape index (κ1) is 9.06. The van der Waals surface area contributed by atoms with Gasteiger partial charge in [-0.25, -0.2) is 0 Å². The lowest BCUT2D eigenvalue weighted by molar-refractivity contribution is 1.16. The maximum Gasteiger partial charge on any atom is 0.106 e. The summed E-state index contributed by atoms with van der Waals surface area (Å²) in [5, 5.41) is 0. The van der Waals surface area contributed by atoms with E-state index in [2.05, 4.69) is 23.8 Å². The van der Waals surface area contributed by atoms with Crippen molar-refractivity contribution in [1.29, 1.82) is 0 Å². The molecule has 0 saturated heterocycles. The zero-order valence-electron chi connectivity index (χ0n) is 9.02. The lowest BCUT2D eigenvalue weighted by Crippen LogP contribution is -1.92. The Bertz CT molecular complexity index is 509. The van der Waals surface area contributed by atoms with Gasteiger partial charge < -0.3 is 10.7 Å². The SMILES string of the molecule is Cc1nc2c(C)c(N)[nH]c2c(C)c1C. The fourth-order valence-electron chi connectivity index (χ4n) is 1.72. The van der Waals surface area contributed by atoms with Crippen LogP contribution in [0, 0.1) is 27.7 Å². The Morgan fingerprint density at radius 2 is 1.64 bits per heavy atom. The summed E-state index contributed by atoms with van der Waals surface area (Å²) in [6.45, 7) is 8.21. The number of rotatable bonds is 0. The average molecular weight is 189 g/mol. The number of pyridine rings is 1. The van der Waals surface area contributed by atoms with Crippen molar-refractivity contribution in [3.8, 4) is 0 Å². The molecular weight excluding hydrogens is 174 g/mol. The highest BCUT2D eigenvalue weighted by Crippen LogP contribution is 2.26.